The van der Waals surface area contributed by atoms with Crippen LogP contribution in [0.3, 0.4) is 0 Å². The maximum Gasteiger partial charge on any atom is 0.317 e. The summed E-state index contributed by atoms with van der Waals surface area (Å²) in [6.45, 7) is 1.56. The summed E-state index contributed by atoms with van der Waals surface area (Å²) in [6.07, 6.45) is 2.24. The molecule has 2 N–H and O–H groups in total. The van der Waals surface area contributed by atoms with Gasteiger partial charge in [-0.15, -0.1) is 11.3 Å². The number of nitrogens with zero attached hydrogens (tertiary/aromatic N) is 1. The van der Waals surface area contributed by atoms with E-state index in [1.54, 1.807) is 16.2 Å². The van der Waals surface area contributed by atoms with Gasteiger partial charge in [-0.1, -0.05) is 6.07 Å². The zero-order chi connectivity index (χ0) is 13.7. The second-order valence-corrected chi connectivity index (χ2v) is 5.72. The van der Waals surface area contributed by atoms with Gasteiger partial charge in [0.25, 0.3) is 0 Å². The van der Waals surface area contributed by atoms with Crippen molar-refractivity contribution >= 4 is 23.3 Å². The fourth-order valence-electron chi connectivity index (χ4n) is 2.22. The Morgan fingerprint density at radius 1 is 1.53 bits per heavy atom. The Labute approximate surface area is 116 Å². The van der Waals surface area contributed by atoms with Gasteiger partial charge in [-0.05, 0) is 30.7 Å². The molecule has 1 fully saturated rings. The molecule has 0 bridgehead atoms. The van der Waals surface area contributed by atoms with Gasteiger partial charge < -0.3 is 15.3 Å². The van der Waals surface area contributed by atoms with E-state index in [0.29, 0.717) is 26.1 Å². The first-order valence-corrected chi connectivity index (χ1v) is 7.33. The summed E-state index contributed by atoms with van der Waals surface area (Å²) in [4.78, 5) is 25.7. The number of aliphatic carboxylic acids is 1. The number of hydrogen-bond donors (Lipinski definition) is 2. The number of thiophene rings is 1. The van der Waals surface area contributed by atoms with E-state index in [1.807, 2.05) is 17.5 Å². The van der Waals surface area contributed by atoms with Gasteiger partial charge in [0.05, 0.1) is 5.92 Å². The lowest BCUT2D eigenvalue weighted by atomic mass is 9.99. The molecule has 0 aromatic carbocycles. The van der Waals surface area contributed by atoms with Crippen molar-refractivity contribution in [3.8, 4) is 0 Å². The van der Waals surface area contributed by atoms with Crippen molar-refractivity contribution in [2.45, 2.75) is 19.3 Å². The minimum absolute atomic E-state index is 0.150. The highest BCUT2D eigenvalue weighted by Crippen LogP contribution is 2.16. The van der Waals surface area contributed by atoms with Gasteiger partial charge in [0.2, 0.25) is 0 Å². The Balaban J connectivity index is 1.74. The lowest BCUT2D eigenvalue weighted by molar-refractivity contribution is -0.143. The molecule has 1 aromatic rings. The van der Waals surface area contributed by atoms with Crippen molar-refractivity contribution < 1.29 is 14.7 Å². The van der Waals surface area contributed by atoms with Crippen LogP contribution >= 0.6 is 11.3 Å². The summed E-state index contributed by atoms with van der Waals surface area (Å²) in [5, 5.41) is 13.8. The number of likely N-dealkylation sites (tertiary alicyclic amines) is 1. The highest BCUT2D eigenvalue weighted by molar-refractivity contribution is 7.09. The Morgan fingerprint density at radius 2 is 2.37 bits per heavy atom. The fourth-order valence-corrected chi connectivity index (χ4v) is 2.93. The smallest absolute Gasteiger partial charge is 0.317 e. The van der Waals surface area contributed by atoms with E-state index in [2.05, 4.69) is 5.32 Å². The van der Waals surface area contributed by atoms with Gasteiger partial charge in [-0.2, -0.15) is 0 Å². The molecule has 2 rings (SSSR count). The molecule has 0 saturated carbocycles. The maximum absolute atomic E-state index is 11.9. The van der Waals surface area contributed by atoms with Gasteiger partial charge in [0, 0.05) is 24.5 Å². The standard InChI is InChI=1S/C13H18N2O3S/c16-12(17)10-3-1-7-15(9-10)13(18)14-6-5-11-4-2-8-19-11/h2,4,8,10H,1,3,5-7,9H2,(H,14,18)(H,16,17)/t10-/m0/s1. The first-order valence-electron chi connectivity index (χ1n) is 6.45. The van der Waals surface area contributed by atoms with E-state index in [9.17, 15) is 9.59 Å². The molecule has 6 heteroatoms. The largest absolute Gasteiger partial charge is 0.481 e. The van der Waals surface area contributed by atoms with Crippen molar-refractivity contribution in [1.82, 2.24) is 10.2 Å². The molecule has 1 saturated heterocycles. The molecule has 0 unspecified atom stereocenters. The van der Waals surface area contributed by atoms with Crippen molar-refractivity contribution in [2.75, 3.05) is 19.6 Å². The Bertz CT molecular complexity index is 433. The number of carboxylic acid groups (broad SMARTS) is 1. The lowest BCUT2D eigenvalue weighted by Crippen LogP contribution is -2.47. The van der Waals surface area contributed by atoms with E-state index in [1.165, 1.54) is 4.88 Å². The second-order valence-electron chi connectivity index (χ2n) is 4.68. The summed E-state index contributed by atoms with van der Waals surface area (Å²) >= 11 is 1.67. The molecule has 2 heterocycles. The third-order valence-electron chi connectivity index (χ3n) is 3.29. The van der Waals surface area contributed by atoms with Crippen LogP contribution in [0, 0.1) is 5.92 Å². The molecule has 1 aromatic heterocycles. The van der Waals surface area contributed by atoms with Crippen LogP contribution in [0.15, 0.2) is 17.5 Å². The number of nitrogens with one attached hydrogen (secondary N) is 1. The van der Waals surface area contributed by atoms with Gasteiger partial charge in [-0.3, -0.25) is 4.79 Å². The van der Waals surface area contributed by atoms with E-state index in [4.69, 9.17) is 5.11 Å². The lowest BCUT2D eigenvalue weighted by Gasteiger charge is -2.30. The molecule has 2 amide bonds. The topological polar surface area (TPSA) is 69.6 Å². The molecular weight excluding hydrogens is 264 g/mol. The number of carbonyl (C=O) groups is 2. The average molecular weight is 282 g/mol. The number of carboxylic acids is 1. The molecule has 0 spiro atoms. The van der Waals surface area contributed by atoms with Crippen LogP contribution in [0.4, 0.5) is 4.79 Å². The predicted octanol–water partition coefficient (Wildman–Crippen LogP) is 1.80. The molecule has 0 radical (unpaired) electrons. The third kappa shape index (κ3) is 3.96. The number of rotatable bonds is 4. The maximum atomic E-state index is 11.9. The molecule has 1 aliphatic rings. The van der Waals surface area contributed by atoms with Crippen LogP contribution in [-0.4, -0.2) is 41.6 Å². The molecule has 0 aliphatic carbocycles. The molecule has 5 nitrogen and oxygen atoms in total. The average Bonchev–Trinajstić information content (AvgIpc) is 2.92. The predicted molar refractivity (Wildman–Crippen MR) is 73.4 cm³/mol. The minimum atomic E-state index is -0.809. The molecular formula is C13H18N2O3S. The molecule has 19 heavy (non-hydrogen) atoms. The van der Waals surface area contributed by atoms with E-state index < -0.39 is 11.9 Å². The van der Waals surface area contributed by atoms with Crippen LogP contribution < -0.4 is 5.32 Å². The monoisotopic (exact) mass is 282 g/mol. The van der Waals surface area contributed by atoms with Crippen LogP contribution in [0.2, 0.25) is 0 Å². The highest BCUT2D eigenvalue weighted by atomic mass is 32.1. The summed E-state index contributed by atoms with van der Waals surface area (Å²) < 4.78 is 0. The van der Waals surface area contributed by atoms with Crippen molar-refractivity contribution in [2.24, 2.45) is 5.92 Å². The molecule has 104 valence electrons. The van der Waals surface area contributed by atoms with Crippen molar-refractivity contribution in [1.29, 1.82) is 0 Å². The van der Waals surface area contributed by atoms with Crippen molar-refractivity contribution in [3.63, 3.8) is 0 Å². The SMILES string of the molecule is O=C(O)[C@H]1CCCN(C(=O)NCCc2cccs2)C1. The van der Waals surface area contributed by atoms with Gasteiger partial charge in [0.1, 0.15) is 0 Å². The highest BCUT2D eigenvalue weighted by Gasteiger charge is 2.27. The quantitative estimate of drug-likeness (QED) is 0.884. The van der Waals surface area contributed by atoms with Gasteiger partial charge in [0.15, 0.2) is 0 Å². The Morgan fingerprint density at radius 3 is 3.05 bits per heavy atom. The minimum Gasteiger partial charge on any atom is -0.481 e. The Hall–Kier alpha value is -1.56. The summed E-state index contributed by atoms with van der Waals surface area (Å²) in [5.74, 6) is -1.23. The normalized spacial score (nSPS) is 19.2. The van der Waals surface area contributed by atoms with E-state index >= 15 is 0 Å². The van der Waals surface area contributed by atoms with Gasteiger partial charge in [-0.25, -0.2) is 4.79 Å². The molecule has 1 aliphatic heterocycles. The van der Waals surface area contributed by atoms with Crippen LogP contribution in [0.25, 0.3) is 0 Å². The Kier molecular flexibility index (Phi) is 4.79. The molecule has 1 atom stereocenters. The number of carbonyl (C=O) groups excluding carboxylic acids is 1. The second kappa shape index (κ2) is 6.56. The number of piperidine rings is 1. The van der Waals surface area contributed by atoms with E-state index in [-0.39, 0.29) is 6.03 Å². The number of amides is 2. The zero-order valence-electron chi connectivity index (χ0n) is 10.7. The summed E-state index contributed by atoms with van der Waals surface area (Å²) in [6, 6.07) is 3.88. The van der Waals surface area contributed by atoms with E-state index in [0.717, 1.165) is 12.8 Å². The first kappa shape index (κ1) is 13.9. The third-order valence-corrected chi connectivity index (χ3v) is 4.22. The number of urea groups is 1. The van der Waals surface area contributed by atoms with Crippen molar-refractivity contribution in [3.05, 3.63) is 22.4 Å². The van der Waals surface area contributed by atoms with Crippen LogP contribution in [0.5, 0.6) is 0 Å². The summed E-state index contributed by atoms with van der Waals surface area (Å²) in [7, 11) is 0. The van der Waals surface area contributed by atoms with Crippen LogP contribution in [0.1, 0.15) is 17.7 Å². The fraction of sp³-hybridized carbons (Fsp3) is 0.538. The van der Waals surface area contributed by atoms with Gasteiger partial charge >= 0.3 is 12.0 Å². The van der Waals surface area contributed by atoms with Crippen LogP contribution in [-0.2, 0) is 11.2 Å². The summed E-state index contributed by atoms with van der Waals surface area (Å²) in [5.41, 5.74) is 0. The first-order chi connectivity index (χ1) is 9.16. The number of hydrogen-bond acceptors (Lipinski definition) is 3. The zero-order valence-corrected chi connectivity index (χ0v) is 11.5.